The molecule has 3 heterocycles. The van der Waals surface area contributed by atoms with Gasteiger partial charge in [0.15, 0.2) is 12.6 Å². The van der Waals surface area contributed by atoms with Crippen LogP contribution in [0.2, 0.25) is 0 Å². The molecular formula is C10H14O6. The molecule has 16 heavy (non-hydrogen) atoms. The van der Waals surface area contributed by atoms with Gasteiger partial charge in [-0.25, -0.2) is 0 Å². The lowest BCUT2D eigenvalue weighted by atomic mass is 9.76. The Balaban J connectivity index is 1.86. The second-order valence-corrected chi connectivity index (χ2v) is 5.12. The number of aliphatic hydroxyl groups excluding tert-OH is 2. The fourth-order valence-corrected chi connectivity index (χ4v) is 3.90. The molecule has 6 heteroatoms. The molecule has 6 nitrogen and oxygen atoms in total. The standard InChI is InChI=1S/C10H14O6/c11-1-4-8-15-7-6(12)3-2-14-9(16-8)5(3)10(4,7)13/h3-9,11-13H,1-2H2/t3-,4-,5-,6+,7-,8+,9-,10-/m1/s1. The monoisotopic (exact) mass is 230 g/mol. The van der Waals surface area contributed by atoms with Crippen LogP contribution in [0.25, 0.3) is 0 Å². The van der Waals surface area contributed by atoms with Gasteiger partial charge in [0, 0.05) is 11.8 Å². The van der Waals surface area contributed by atoms with Gasteiger partial charge >= 0.3 is 0 Å². The molecule has 0 amide bonds. The Hall–Kier alpha value is -0.240. The summed E-state index contributed by atoms with van der Waals surface area (Å²) in [5, 5.41) is 30.1. The van der Waals surface area contributed by atoms with Gasteiger partial charge in [-0.05, 0) is 0 Å². The Bertz CT molecular complexity index is 335. The van der Waals surface area contributed by atoms with Crippen molar-refractivity contribution < 1.29 is 29.5 Å². The van der Waals surface area contributed by atoms with Crippen LogP contribution in [0.15, 0.2) is 0 Å². The molecule has 4 aliphatic rings. The lowest BCUT2D eigenvalue weighted by Gasteiger charge is -2.40. The fourth-order valence-electron chi connectivity index (χ4n) is 3.90. The van der Waals surface area contributed by atoms with E-state index in [0.29, 0.717) is 6.61 Å². The highest BCUT2D eigenvalue weighted by Gasteiger charge is 2.76. The molecule has 0 unspecified atom stereocenters. The molecule has 0 spiro atoms. The number of hydrogen-bond donors (Lipinski definition) is 3. The Labute approximate surface area is 91.7 Å². The lowest BCUT2D eigenvalue weighted by Crippen LogP contribution is -2.56. The highest BCUT2D eigenvalue weighted by molar-refractivity contribution is 5.20. The van der Waals surface area contributed by atoms with E-state index in [0.717, 1.165) is 0 Å². The zero-order valence-corrected chi connectivity index (χ0v) is 8.52. The minimum atomic E-state index is -1.21. The Morgan fingerprint density at radius 1 is 1.25 bits per heavy atom. The number of rotatable bonds is 1. The van der Waals surface area contributed by atoms with E-state index in [1.165, 1.54) is 0 Å². The molecule has 8 atom stereocenters. The molecule has 0 radical (unpaired) electrons. The summed E-state index contributed by atoms with van der Waals surface area (Å²) in [5.41, 5.74) is -1.21. The van der Waals surface area contributed by atoms with Gasteiger partial charge in [0.1, 0.15) is 11.7 Å². The van der Waals surface area contributed by atoms with Crippen molar-refractivity contribution in [3.8, 4) is 0 Å². The maximum Gasteiger partial charge on any atom is 0.169 e. The summed E-state index contributed by atoms with van der Waals surface area (Å²) in [6.07, 6.45) is -2.57. The molecule has 1 aliphatic carbocycles. The van der Waals surface area contributed by atoms with Gasteiger partial charge in [0.05, 0.1) is 25.2 Å². The van der Waals surface area contributed by atoms with E-state index in [-0.39, 0.29) is 18.4 Å². The van der Waals surface area contributed by atoms with Gasteiger partial charge in [0.2, 0.25) is 0 Å². The summed E-state index contributed by atoms with van der Waals surface area (Å²) in [6.45, 7) is 0.171. The summed E-state index contributed by atoms with van der Waals surface area (Å²) in [4.78, 5) is 0. The average molecular weight is 230 g/mol. The molecule has 1 saturated carbocycles. The summed E-state index contributed by atoms with van der Waals surface area (Å²) in [7, 11) is 0. The molecular weight excluding hydrogens is 216 g/mol. The third kappa shape index (κ3) is 0.805. The van der Waals surface area contributed by atoms with E-state index in [2.05, 4.69) is 0 Å². The molecule has 0 aromatic rings. The third-order valence-corrected chi connectivity index (χ3v) is 4.61. The van der Waals surface area contributed by atoms with Crippen molar-refractivity contribution in [2.75, 3.05) is 13.2 Å². The van der Waals surface area contributed by atoms with Crippen LogP contribution >= 0.6 is 0 Å². The van der Waals surface area contributed by atoms with Crippen LogP contribution < -0.4 is 0 Å². The van der Waals surface area contributed by atoms with Crippen molar-refractivity contribution in [2.24, 2.45) is 17.8 Å². The first-order chi connectivity index (χ1) is 7.67. The number of hydrogen-bond acceptors (Lipinski definition) is 6. The van der Waals surface area contributed by atoms with E-state index in [1.807, 2.05) is 0 Å². The first-order valence-electron chi connectivity index (χ1n) is 5.61. The van der Waals surface area contributed by atoms with E-state index in [9.17, 15) is 15.3 Å². The second kappa shape index (κ2) is 2.77. The SMILES string of the molecule is OC[C@@H]1[C@@H]2O[C@H]3OC[C@H]4[C@H](O)[C@@H](O2)[C@]1(O)[C@@H]34. The highest BCUT2D eigenvalue weighted by Crippen LogP contribution is 2.60. The minimum absolute atomic E-state index is 0.157. The first kappa shape index (κ1) is 9.76. The largest absolute Gasteiger partial charge is 0.396 e. The topological polar surface area (TPSA) is 88.4 Å². The first-order valence-corrected chi connectivity index (χ1v) is 5.61. The van der Waals surface area contributed by atoms with Gasteiger partial charge in [0.25, 0.3) is 0 Å². The summed E-state index contributed by atoms with van der Waals surface area (Å²) in [6, 6.07) is 0. The molecule has 0 aromatic carbocycles. The molecule has 4 fully saturated rings. The van der Waals surface area contributed by atoms with Crippen LogP contribution in [0.4, 0.5) is 0 Å². The molecule has 90 valence electrons. The average Bonchev–Trinajstić information content (AvgIpc) is 2.82. The molecule has 2 bridgehead atoms. The molecule has 3 saturated heterocycles. The Kier molecular flexibility index (Phi) is 1.69. The Morgan fingerprint density at radius 3 is 2.81 bits per heavy atom. The highest BCUT2D eigenvalue weighted by atomic mass is 16.8. The van der Waals surface area contributed by atoms with E-state index in [1.54, 1.807) is 0 Å². The van der Waals surface area contributed by atoms with E-state index >= 15 is 0 Å². The van der Waals surface area contributed by atoms with Crippen molar-refractivity contribution in [1.29, 1.82) is 0 Å². The van der Waals surface area contributed by atoms with Crippen LogP contribution in [-0.4, -0.2) is 58.9 Å². The van der Waals surface area contributed by atoms with Gasteiger partial charge < -0.3 is 29.5 Å². The minimum Gasteiger partial charge on any atom is -0.396 e. The third-order valence-electron chi connectivity index (χ3n) is 4.61. The van der Waals surface area contributed by atoms with Gasteiger partial charge in [-0.3, -0.25) is 0 Å². The lowest BCUT2D eigenvalue weighted by molar-refractivity contribution is -0.281. The van der Waals surface area contributed by atoms with Crippen molar-refractivity contribution in [3.05, 3.63) is 0 Å². The maximum atomic E-state index is 10.7. The molecule has 4 rings (SSSR count). The van der Waals surface area contributed by atoms with Crippen LogP contribution in [0, 0.1) is 17.8 Å². The molecule has 3 aliphatic heterocycles. The van der Waals surface area contributed by atoms with E-state index < -0.39 is 36.3 Å². The predicted octanol–water partition coefficient (Wildman–Crippen LogP) is -1.96. The zero-order chi connectivity index (χ0) is 11.1. The summed E-state index contributed by atoms with van der Waals surface area (Å²) < 4.78 is 16.5. The van der Waals surface area contributed by atoms with Crippen LogP contribution in [-0.2, 0) is 14.2 Å². The van der Waals surface area contributed by atoms with Gasteiger partial charge in [-0.2, -0.15) is 0 Å². The summed E-state index contributed by atoms with van der Waals surface area (Å²) in [5.74, 6) is -0.932. The van der Waals surface area contributed by atoms with Crippen molar-refractivity contribution in [1.82, 2.24) is 0 Å². The smallest absolute Gasteiger partial charge is 0.169 e. The van der Waals surface area contributed by atoms with Gasteiger partial charge in [-0.15, -0.1) is 0 Å². The Morgan fingerprint density at radius 2 is 2.06 bits per heavy atom. The quantitative estimate of drug-likeness (QED) is 0.485. The van der Waals surface area contributed by atoms with Crippen LogP contribution in [0.1, 0.15) is 0 Å². The molecule has 0 aromatic heterocycles. The summed E-state index contributed by atoms with van der Waals surface area (Å²) >= 11 is 0. The number of aliphatic hydroxyl groups is 3. The van der Waals surface area contributed by atoms with Crippen molar-refractivity contribution in [3.63, 3.8) is 0 Å². The number of ether oxygens (including phenoxy) is 3. The fraction of sp³-hybridized carbons (Fsp3) is 1.00. The second-order valence-electron chi connectivity index (χ2n) is 5.12. The molecule has 3 N–H and O–H groups in total. The van der Waals surface area contributed by atoms with Crippen LogP contribution in [0.3, 0.4) is 0 Å². The van der Waals surface area contributed by atoms with Crippen LogP contribution in [0.5, 0.6) is 0 Å². The number of fused-ring (bicyclic) bond motifs is 1. The van der Waals surface area contributed by atoms with Crippen molar-refractivity contribution in [2.45, 2.75) is 30.4 Å². The zero-order valence-electron chi connectivity index (χ0n) is 8.52. The maximum absolute atomic E-state index is 10.7. The normalized spacial score (nSPS) is 66.6. The van der Waals surface area contributed by atoms with Crippen molar-refractivity contribution >= 4 is 0 Å². The predicted molar refractivity (Wildman–Crippen MR) is 48.0 cm³/mol. The van der Waals surface area contributed by atoms with E-state index in [4.69, 9.17) is 14.2 Å². The van der Waals surface area contributed by atoms with Gasteiger partial charge in [-0.1, -0.05) is 0 Å².